The number of aromatic nitrogens is 3. The summed E-state index contributed by atoms with van der Waals surface area (Å²) < 4.78 is 15.1. The first-order chi connectivity index (χ1) is 8.63. The lowest BCUT2D eigenvalue weighted by Gasteiger charge is -2.08. The molecular weight excluding hydrogens is 255 g/mol. The second kappa shape index (κ2) is 5.36. The number of H-pyrrole nitrogens is 1. The molecule has 0 saturated carbocycles. The Balaban J connectivity index is 2.37. The molecule has 2 rings (SSSR count). The molecule has 2 aromatic rings. The molecule has 0 unspecified atom stereocenters. The lowest BCUT2D eigenvalue weighted by molar-refractivity contribution is 0.603. The van der Waals surface area contributed by atoms with Crippen molar-refractivity contribution in [3.8, 4) is 0 Å². The summed E-state index contributed by atoms with van der Waals surface area (Å²) in [5.41, 5.74) is 5.73. The van der Waals surface area contributed by atoms with Gasteiger partial charge in [0.2, 0.25) is 0 Å². The van der Waals surface area contributed by atoms with E-state index in [1.165, 1.54) is 22.4 Å². The molecule has 1 aromatic heterocycles. The molecule has 0 aliphatic heterocycles. The van der Waals surface area contributed by atoms with Crippen molar-refractivity contribution in [2.45, 2.75) is 16.5 Å². The Morgan fingerprint density at radius 3 is 2.94 bits per heavy atom. The van der Waals surface area contributed by atoms with Gasteiger partial charge in [0.25, 0.3) is 0 Å². The third-order valence-corrected chi connectivity index (χ3v) is 3.66. The van der Waals surface area contributed by atoms with Gasteiger partial charge in [-0.3, -0.25) is 4.57 Å². The SMILES string of the molecule is Cn1c(Sc2cccc(F)c2CCN)n[nH]c1=O. The van der Waals surface area contributed by atoms with Crippen molar-refractivity contribution in [2.24, 2.45) is 12.8 Å². The van der Waals surface area contributed by atoms with E-state index in [0.29, 0.717) is 23.7 Å². The number of rotatable bonds is 4. The molecule has 0 radical (unpaired) electrons. The molecule has 0 bridgehead atoms. The first-order valence-corrected chi connectivity index (χ1v) is 6.22. The molecule has 1 heterocycles. The number of nitrogens with zero attached hydrogens (tertiary/aromatic N) is 2. The fourth-order valence-corrected chi connectivity index (χ4v) is 2.52. The highest BCUT2D eigenvalue weighted by Crippen LogP contribution is 2.29. The van der Waals surface area contributed by atoms with E-state index in [1.807, 2.05) is 0 Å². The van der Waals surface area contributed by atoms with Crippen LogP contribution in [0.4, 0.5) is 4.39 Å². The van der Waals surface area contributed by atoms with E-state index in [-0.39, 0.29) is 11.5 Å². The van der Waals surface area contributed by atoms with Gasteiger partial charge in [0.1, 0.15) is 5.82 Å². The van der Waals surface area contributed by atoms with Crippen LogP contribution in [0.5, 0.6) is 0 Å². The number of benzene rings is 1. The van der Waals surface area contributed by atoms with Crippen LogP contribution in [0.2, 0.25) is 0 Å². The molecule has 5 nitrogen and oxygen atoms in total. The molecule has 0 spiro atoms. The van der Waals surface area contributed by atoms with Gasteiger partial charge in [-0.05, 0) is 36.9 Å². The van der Waals surface area contributed by atoms with Crippen molar-refractivity contribution in [1.29, 1.82) is 0 Å². The molecule has 7 heteroatoms. The maximum atomic E-state index is 13.7. The van der Waals surface area contributed by atoms with E-state index >= 15 is 0 Å². The highest BCUT2D eigenvalue weighted by atomic mass is 32.2. The van der Waals surface area contributed by atoms with Crippen LogP contribution < -0.4 is 11.4 Å². The van der Waals surface area contributed by atoms with Gasteiger partial charge >= 0.3 is 5.69 Å². The number of aromatic amines is 1. The molecule has 96 valence electrons. The van der Waals surface area contributed by atoms with E-state index in [4.69, 9.17) is 5.73 Å². The summed E-state index contributed by atoms with van der Waals surface area (Å²) in [6, 6.07) is 4.82. The molecule has 0 aliphatic carbocycles. The smallest absolute Gasteiger partial charge is 0.330 e. The lowest BCUT2D eigenvalue weighted by atomic mass is 10.1. The number of halogens is 1. The van der Waals surface area contributed by atoms with Gasteiger partial charge in [-0.15, -0.1) is 5.10 Å². The highest BCUT2D eigenvalue weighted by Gasteiger charge is 2.12. The first-order valence-electron chi connectivity index (χ1n) is 5.40. The fourth-order valence-electron chi connectivity index (χ4n) is 1.54. The maximum absolute atomic E-state index is 13.7. The van der Waals surface area contributed by atoms with E-state index in [2.05, 4.69) is 10.2 Å². The Labute approximate surface area is 107 Å². The summed E-state index contributed by atoms with van der Waals surface area (Å²) in [6.07, 6.45) is 0.452. The van der Waals surface area contributed by atoms with Crippen LogP contribution in [-0.2, 0) is 13.5 Å². The fraction of sp³-hybridized carbons (Fsp3) is 0.273. The predicted molar refractivity (Wildman–Crippen MR) is 67.1 cm³/mol. The minimum Gasteiger partial charge on any atom is -0.330 e. The highest BCUT2D eigenvalue weighted by molar-refractivity contribution is 7.99. The van der Waals surface area contributed by atoms with Crippen molar-refractivity contribution in [3.05, 3.63) is 40.1 Å². The molecule has 1 aromatic carbocycles. The number of nitrogens with two attached hydrogens (primary N) is 1. The molecule has 0 atom stereocenters. The van der Waals surface area contributed by atoms with Gasteiger partial charge in [-0.1, -0.05) is 6.07 Å². The van der Waals surface area contributed by atoms with Crippen molar-refractivity contribution >= 4 is 11.8 Å². The van der Waals surface area contributed by atoms with E-state index in [9.17, 15) is 9.18 Å². The molecule has 0 saturated heterocycles. The quantitative estimate of drug-likeness (QED) is 0.863. The molecule has 0 aliphatic rings. The van der Waals surface area contributed by atoms with Crippen molar-refractivity contribution in [2.75, 3.05) is 6.54 Å². The van der Waals surface area contributed by atoms with Crippen LogP contribution in [0.3, 0.4) is 0 Å². The third kappa shape index (κ3) is 2.46. The molecular formula is C11H13FN4OS. The van der Waals surface area contributed by atoms with Crippen molar-refractivity contribution in [1.82, 2.24) is 14.8 Å². The Morgan fingerprint density at radius 1 is 1.56 bits per heavy atom. The normalized spacial score (nSPS) is 10.8. The average molecular weight is 268 g/mol. The Morgan fingerprint density at radius 2 is 2.33 bits per heavy atom. The van der Waals surface area contributed by atoms with E-state index in [0.717, 1.165) is 4.90 Å². The van der Waals surface area contributed by atoms with E-state index in [1.54, 1.807) is 19.2 Å². The van der Waals surface area contributed by atoms with Gasteiger partial charge in [0, 0.05) is 17.5 Å². The molecule has 18 heavy (non-hydrogen) atoms. The van der Waals surface area contributed by atoms with Gasteiger partial charge in [0.05, 0.1) is 0 Å². The average Bonchev–Trinajstić information content (AvgIpc) is 2.66. The summed E-state index contributed by atoms with van der Waals surface area (Å²) >= 11 is 1.24. The first kappa shape index (κ1) is 12.8. The minimum absolute atomic E-state index is 0.286. The van der Waals surface area contributed by atoms with Crippen LogP contribution in [-0.4, -0.2) is 21.3 Å². The largest absolute Gasteiger partial charge is 0.343 e. The summed E-state index contributed by atoms with van der Waals surface area (Å²) in [5.74, 6) is -0.286. The summed E-state index contributed by atoms with van der Waals surface area (Å²) in [7, 11) is 1.61. The van der Waals surface area contributed by atoms with Crippen LogP contribution in [0.1, 0.15) is 5.56 Å². The molecule has 0 amide bonds. The van der Waals surface area contributed by atoms with Gasteiger partial charge in [0.15, 0.2) is 5.16 Å². The third-order valence-electron chi connectivity index (χ3n) is 2.51. The van der Waals surface area contributed by atoms with Crippen LogP contribution in [0.15, 0.2) is 33.0 Å². The number of hydrogen-bond donors (Lipinski definition) is 2. The summed E-state index contributed by atoms with van der Waals surface area (Å²) in [4.78, 5) is 12.0. The van der Waals surface area contributed by atoms with Crippen LogP contribution in [0, 0.1) is 5.82 Å². The second-order valence-corrected chi connectivity index (χ2v) is 4.74. The Bertz CT molecular complexity index is 607. The minimum atomic E-state index is -0.297. The van der Waals surface area contributed by atoms with Crippen molar-refractivity contribution < 1.29 is 4.39 Å². The Hall–Kier alpha value is -1.60. The zero-order valence-electron chi connectivity index (χ0n) is 9.81. The molecule has 0 fully saturated rings. The van der Waals surface area contributed by atoms with E-state index < -0.39 is 0 Å². The monoisotopic (exact) mass is 268 g/mol. The topological polar surface area (TPSA) is 76.7 Å². The van der Waals surface area contributed by atoms with Gasteiger partial charge in [-0.25, -0.2) is 14.3 Å². The lowest BCUT2D eigenvalue weighted by Crippen LogP contribution is -2.13. The summed E-state index contributed by atoms with van der Waals surface area (Å²) in [5, 5.41) is 6.71. The maximum Gasteiger partial charge on any atom is 0.343 e. The zero-order valence-corrected chi connectivity index (χ0v) is 10.6. The van der Waals surface area contributed by atoms with Gasteiger partial charge in [-0.2, -0.15) is 0 Å². The second-order valence-electron chi connectivity index (χ2n) is 3.73. The predicted octanol–water partition coefficient (Wildman–Crippen LogP) is 0.900. The number of nitrogens with one attached hydrogen (secondary N) is 1. The number of hydrogen-bond acceptors (Lipinski definition) is 4. The molecule has 3 N–H and O–H groups in total. The van der Waals surface area contributed by atoms with Crippen LogP contribution in [0.25, 0.3) is 0 Å². The van der Waals surface area contributed by atoms with Crippen molar-refractivity contribution in [3.63, 3.8) is 0 Å². The standard InChI is InChI=1S/C11H13FN4OS/c1-16-10(17)14-15-11(16)18-9-4-2-3-8(12)7(9)5-6-13/h2-4H,5-6,13H2,1H3,(H,14,17). The zero-order chi connectivity index (χ0) is 13.1. The Kier molecular flexibility index (Phi) is 3.83. The van der Waals surface area contributed by atoms with Gasteiger partial charge < -0.3 is 5.73 Å². The van der Waals surface area contributed by atoms with Crippen LogP contribution >= 0.6 is 11.8 Å². The summed E-state index contributed by atoms with van der Waals surface area (Å²) in [6.45, 7) is 0.369.